The molecule has 2 N–H and O–H groups in total. The van der Waals surface area contributed by atoms with Gasteiger partial charge in [-0.1, -0.05) is 6.07 Å². The number of nitrogens with one attached hydrogen (secondary N) is 2. The normalized spacial score (nSPS) is 10.5. The van der Waals surface area contributed by atoms with E-state index in [1.54, 1.807) is 24.7 Å². The highest BCUT2D eigenvalue weighted by molar-refractivity contribution is 5.95. The van der Waals surface area contributed by atoms with Gasteiger partial charge in [-0.15, -0.1) is 0 Å². The minimum atomic E-state index is -0.0966. The minimum absolute atomic E-state index is 0.0966. The summed E-state index contributed by atoms with van der Waals surface area (Å²) >= 11 is 0. The summed E-state index contributed by atoms with van der Waals surface area (Å²) in [6.07, 6.45) is 6.27. The lowest BCUT2D eigenvalue weighted by atomic mass is 10.2. The number of anilines is 2. The number of aryl methyl sites for hydroxylation is 3. The van der Waals surface area contributed by atoms with Crippen molar-refractivity contribution in [3.05, 3.63) is 66.0 Å². The summed E-state index contributed by atoms with van der Waals surface area (Å²) in [5, 5.41) is 6.09. The molecule has 0 bridgehead atoms. The first-order valence-electron chi connectivity index (χ1n) is 8.53. The van der Waals surface area contributed by atoms with Crippen LogP contribution in [0, 0.1) is 13.8 Å². The Bertz CT molecular complexity index is 855. The zero-order chi connectivity index (χ0) is 18.4. The van der Waals surface area contributed by atoms with Crippen LogP contribution in [0.4, 0.5) is 11.6 Å². The van der Waals surface area contributed by atoms with Gasteiger partial charge in [0.1, 0.15) is 0 Å². The van der Waals surface area contributed by atoms with Crippen LogP contribution in [-0.4, -0.2) is 32.0 Å². The predicted octanol–water partition coefficient (Wildman–Crippen LogP) is 2.85. The summed E-state index contributed by atoms with van der Waals surface area (Å²) in [6.45, 7) is 5.28. The van der Waals surface area contributed by atoms with Crippen LogP contribution in [-0.2, 0) is 6.54 Å². The number of carbonyl (C=O) groups is 1. The monoisotopic (exact) mass is 350 g/mol. The molecule has 0 fully saturated rings. The first kappa shape index (κ1) is 17.6. The standard InChI is InChI=1S/C19H22N6O/c1-14-11-15(2)23-19(22-14)24-17-6-3-5-16(12-17)18(26)21-7-4-9-25-10-8-20-13-25/h3,5-6,8,10-13H,4,7,9H2,1-2H3,(H,21,26)(H,22,23,24). The number of benzene rings is 1. The fraction of sp³-hybridized carbons (Fsp3) is 0.263. The first-order chi connectivity index (χ1) is 12.6. The number of hydrogen-bond donors (Lipinski definition) is 2. The summed E-state index contributed by atoms with van der Waals surface area (Å²) in [5.41, 5.74) is 3.17. The highest BCUT2D eigenvalue weighted by Crippen LogP contribution is 2.15. The third kappa shape index (κ3) is 4.89. The fourth-order valence-corrected chi connectivity index (χ4v) is 2.63. The number of hydrogen-bond acceptors (Lipinski definition) is 5. The van der Waals surface area contributed by atoms with E-state index in [2.05, 4.69) is 25.6 Å². The van der Waals surface area contributed by atoms with Crippen molar-refractivity contribution in [1.29, 1.82) is 0 Å². The number of nitrogens with zero attached hydrogens (tertiary/aromatic N) is 4. The third-order valence-electron chi connectivity index (χ3n) is 3.80. The predicted molar refractivity (Wildman–Crippen MR) is 100 cm³/mol. The number of rotatable bonds is 7. The second kappa shape index (κ2) is 8.24. The minimum Gasteiger partial charge on any atom is -0.352 e. The Labute approximate surface area is 152 Å². The summed E-state index contributed by atoms with van der Waals surface area (Å²) in [4.78, 5) is 25.0. The van der Waals surface area contributed by atoms with Crippen LogP contribution in [0.2, 0.25) is 0 Å². The van der Waals surface area contributed by atoms with Crippen LogP contribution < -0.4 is 10.6 Å². The zero-order valence-electron chi connectivity index (χ0n) is 14.9. The molecule has 3 rings (SSSR count). The van der Waals surface area contributed by atoms with E-state index in [4.69, 9.17) is 0 Å². The second-order valence-electron chi connectivity index (χ2n) is 6.09. The van der Waals surface area contributed by atoms with E-state index in [0.29, 0.717) is 18.1 Å². The molecule has 1 amide bonds. The molecule has 0 spiro atoms. The third-order valence-corrected chi connectivity index (χ3v) is 3.80. The maximum atomic E-state index is 12.3. The quantitative estimate of drug-likeness (QED) is 0.640. The number of carbonyl (C=O) groups excluding carboxylic acids is 1. The lowest BCUT2D eigenvalue weighted by Gasteiger charge is -2.09. The van der Waals surface area contributed by atoms with E-state index in [0.717, 1.165) is 30.0 Å². The van der Waals surface area contributed by atoms with Gasteiger partial charge in [0.05, 0.1) is 6.33 Å². The van der Waals surface area contributed by atoms with E-state index >= 15 is 0 Å². The van der Waals surface area contributed by atoms with Crippen LogP contribution in [0.5, 0.6) is 0 Å². The van der Waals surface area contributed by atoms with Crippen molar-refractivity contribution in [1.82, 2.24) is 24.8 Å². The molecule has 7 heteroatoms. The highest BCUT2D eigenvalue weighted by atomic mass is 16.1. The largest absolute Gasteiger partial charge is 0.352 e. The van der Waals surface area contributed by atoms with Crippen molar-refractivity contribution >= 4 is 17.5 Å². The van der Waals surface area contributed by atoms with Crippen molar-refractivity contribution in [2.24, 2.45) is 0 Å². The van der Waals surface area contributed by atoms with E-state index < -0.39 is 0 Å². The molecule has 1 aromatic carbocycles. The molecule has 134 valence electrons. The molecule has 0 aliphatic carbocycles. The Kier molecular flexibility index (Phi) is 5.58. The maximum absolute atomic E-state index is 12.3. The molecule has 7 nitrogen and oxygen atoms in total. The average molecular weight is 350 g/mol. The molecule has 2 heterocycles. The van der Waals surface area contributed by atoms with Gasteiger partial charge in [0.15, 0.2) is 0 Å². The van der Waals surface area contributed by atoms with E-state index in [9.17, 15) is 4.79 Å². The molecule has 0 atom stereocenters. The van der Waals surface area contributed by atoms with E-state index in [1.165, 1.54) is 0 Å². The van der Waals surface area contributed by atoms with Gasteiger partial charge in [0, 0.05) is 48.1 Å². The summed E-state index contributed by atoms with van der Waals surface area (Å²) < 4.78 is 1.99. The molecule has 3 aromatic rings. The Hall–Kier alpha value is -3.22. The summed E-state index contributed by atoms with van der Waals surface area (Å²) in [7, 11) is 0. The van der Waals surface area contributed by atoms with Gasteiger partial charge < -0.3 is 15.2 Å². The second-order valence-corrected chi connectivity index (χ2v) is 6.09. The molecule has 0 aliphatic rings. The lowest BCUT2D eigenvalue weighted by molar-refractivity contribution is 0.0953. The summed E-state index contributed by atoms with van der Waals surface area (Å²) in [6, 6.07) is 9.23. The van der Waals surface area contributed by atoms with Crippen molar-refractivity contribution in [2.45, 2.75) is 26.8 Å². The fourth-order valence-electron chi connectivity index (χ4n) is 2.63. The molecule has 0 aliphatic heterocycles. The van der Waals surface area contributed by atoms with Gasteiger partial charge in [-0.3, -0.25) is 4.79 Å². The van der Waals surface area contributed by atoms with Gasteiger partial charge >= 0.3 is 0 Å². The number of amides is 1. The molecular weight excluding hydrogens is 328 g/mol. The lowest BCUT2D eigenvalue weighted by Crippen LogP contribution is -2.25. The van der Waals surface area contributed by atoms with E-state index in [1.807, 2.05) is 42.8 Å². The topological polar surface area (TPSA) is 84.7 Å². The van der Waals surface area contributed by atoms with Crippen molar-refractivity contribution < 1.29 is 4.79 Å². The number of aromatic nitrogens is 4. The van der Waals surface area contributed by atoms with Crippen LogP contribution in [0.15, 0.2) is 49.1 Å². The van der Waals surface area contributed by atoms with Crippen molar-refractivity contribution in [3.8, 4) is 0 Å². The SMILES string of the molecule is Cc1cc(C)nc(Nc2cccc(C(=O)NCCCn3ccnc3)c2)n1. The van der Waals surface area contributed by atoms with Crippen LogP contribution in [0.3, 0.4) is 0 Å². The summed E-state index contributed by atoms with van der Waals surface area (Å²) in [5.74, 6) is 0.431. The molecule has 26 heavy (non-hydrogen) atoms. The molecular formula is C19H22N6O. The van der Waals surface area contributed by atoms with Gasteiger partial charge in [-0.05, 0) is 44.5 Å². The number of imidazole rings is 1. The molecule has 2 aromatic heterocycles. The van der Waals surface area contributed by atoms with Crippen LogP contribution in [0.1, 0.15) is 28.2 Å². The van der Waals surface area contributed by atoms with E-state index in [-0.39, 0.29) is 5.91 Å². The van der Waals surface area contributed by atoms with Gasteiger partial charge in [-0.25, -0.2) is 15.0 Å². The highest BCUT2D eigenvalue weighted by Gasteiger charge is 2.07. The Balaban J connectivity index is 1.56. The zero-order valence-corrected chi connectivity index (χ0v) is 14.9. The smallest absolute Gasteiger partial charge is 0.251 e. The maximum Gasteiger partial charge on any atom is 0.251 e. The Morgan fingerprint density at radius 3 is 2.69 bits per heavy atom. The van der Waals surface area contributed by atoms with Gasteiger partial charge in [0.25, 0.3) is 5.91 Å². The molecule has 0 saturated carbocycles. The van der Waals surface area contributed by atoms with Crippen molar-refractivity contribution in [2.75, 3.05) is 11.9 Å². The van der Waals surface area contributed by atoms with Crippen LogP contribution >= 0.6 is 0 Å². The molecule has 0 radical (unpaired) electrons. The van der Waals surface area contributed by atoms with Gasteiger partial charge in [0.2, 0.25) is 5.95 Å². The average Bonchev–Trinajstić information content (AvgIpc) is 3.11. The van der Waals surface area contributed by atoms with Gasteiger partial charge in [-0.2, -0.15) is 0 Å². The molecule has 0 saturated heterocycles. The Morgan fingerprint density at radius 1 is 1.15 bits per heavy atom. The molecule has 0 unspecified atom stereocenters. The van der Waals surface area contributed by atoms with Crippen molar-refractivity contribution in [3.63, 3.8) is 0 Å². The van der Waals surface area contributed by atoms with Crippen LogP contribution in [0.25, 0.3) is 0 Å². The first-order valence-corrected chi connectivity index (χ1v) is 8.53. The Morgan fingerprint density at radius 2 is 1.96 bits per heavy atom.